The van der Waals surface area contributed by atoms with Crippen molar-refractivity contribution in [2.75, 3.05) is 27.0 Å². The number of alkyl halides is 1. The first-order valence-corrected chi connectivity index (χ1v) is 10.4. The number of halogens is 4. The van der Waals surface area contributed by atoms with Gasteiger partial charge in [-0.3, -0.25) is 9.09 Å². The van der Waals surface area contributed by atoms with Crippen LogP contribution in [-0.4, -0.2) is 33.3 Å². The largest absolute Gasteiger partial charge is 0.494 e. The molecule has 0 amide bonds. The van der Waals surface area contributed by atoms with Crippen LogP contribution < -0.4 is 4.74 Å². The Labute approximate surface area is 171 Å². The molecular formula is C22H34F4O3. The Morgan fingerprint density at radius 3 is 2.17 bits per heavy atom. The molecule has 1 aromatic carbocycles. The van der Waals surface area contributed by atoms with E-state index in [2.05, 4.69) is 11.7 Å². The molecule has 168 valence electrons. The number of methoxy groups -OCH3 is 1. The number of hydrogen-bond donors (Lipinski definition) is 0. The fourth-order valence-corrected chi connectivity index (χ4v) is 4.08. The van der Waals surface area contributed by atoms with Gasteiger partial charge in [-0.2, -0.15) is 0 Å². The van der Waals surface area contributed by atoms with E-state index in [0.29, 0.717) is 12.3 Å². The van der Waals surface area contributed by atoms with Crippen molar-refractivity contribution in [2.45, 2.75) is 58.2 Å². The van der Waals surface area contributed by atoms with Gasteiger partial charge in [0.15, 0.2) is 17.9 Å². The van der Waals surface area contributed by atoms with Crippen LogP contribution in [0.2, 0.25) is 0 Å². The summed E-state index contributed by atoms with van der Waals surface area (Å²) in [6.45, 7) is 3.47. The summed E-state index contributed by atoms with van der Waals surface area (Å²) in [5, 5.41) is 0. The lowest BCUT2D eigenvalue weighted by molar-refractivity contribution is -0.213. The van der Waals surface area contributed by atoms with E-state index in [1.54, 1.807) is 0 Å². The molecule has 1 aromatic rings. The normalized spacial score (nSPS) is 26.7. The summed E-state index contributed by atoms with van der Waals surface area (Å²) >= 11 is 0. The van der Waals surface area contributed by atoms with Gasteiger partial charge in [0.2, 0.25) is 0 Å². The highest BCUT2D eigenvalue weighted by atomic mass is 19.1. The fraction of sp³-hybridized carbons (Fsp3) is 0.727. The third-order valence-corrected chi connectivity index (χ3v) is 5.71. The molecule has 3 rings (SSSR count). The molecule has 29 heavy (non-hydrogen) atoms. The van der Waals surface area contributed by atoms with Gasteiger partial charge < -0.3 is 14.2 Å². The highest BCUT2D eigenvalue weighted by molar-refractivity contribution is 5.24. The van der Waals surface area contributed by atoms with Gasteiger partial charge in [0.05, 0.1) is 27.0 Å². The lowest BCUT2D eigenvalue weighted by atomic mass is 9.75. The Bertz CT molecular complexity index is 533. The molecule has 1 aliphatic carbocycles. The quantitative estimate of drug-likeness (QED) is 0.521. The maximum atomic E-state index is 12.5. The van der Waals surface area contributed by atoms with Gasteiger partial charge in [-0.1, -0.05) is 32.6 Å². The molecule has 1 heterocycles. The van der Waals surface area contributed by atoms with Crippen LogP contribution in [-0.2, 0) is 9.47 Å². The zero-order chi connectivity index (χ0) is 20.4. The molecule has 2 aliphatic rings. The standard InChI is InChI=1S/C15H27FO2.C7H6F2O.FH/c1-2-3-12-4-6-13(7-5-12)14-10-17-15(8-9-16)18-11-14;1-10-7-3-2-5(8)4-6(7)9;/h12-15H,2-11H2,1H3;2-4H,1H3;1H. The van der Waals surface area contributed by atoms with Crippen LogP contribution in [0.5, 0.6) is 5.75 Å². The van der Waals surface area contributed by atoms with Gasteiger partial charge >= 0.3 is 0 Å². The summed E-state index contributed by atoms with van der Waals surface area (Å²) < 4.78 is 52.6. The number of rotatable bonds is 6. The van der Waals surface area contributed by atoms with Crippen molar-refractivity contribution in [1.82, 2.24) is 0 Å². The van der Waals surface area contributed by atoms with Crippen molar-refractivity contribution in [1.29, 1.82) is 0 Å². The predicted octanol–water partition coefficient (Wildman–Crippen LogP) is 6.07. The Morgan fingerprint density at radius 1 is 1.00 bits per heavy atom. The predicted molar refractivity (Wildman–Crippen MR) is 106 cm³/mol. The smallest absolute Gasteiger partial charge is 0.167 e. The molecule has 0 aromatic heterocycles. The van der Waals surface area contributed by atoms with Crippen LogP contribution >= 0.6 is 0 Å². The molecule has 3 nitrogen and oxygen atoms in total. The molecule has 0 atom stereocenters. The maximum absolute atomic E-state index is 12.5. The van der Waals surface area contributed by atoms with E-state index in [9.17, 15) is 13.2 Å². The van der Waals surface area contributed by atoms with Crippen molar-refractivity contribution in [3.8, 4) is 5.75 Å². The lowest BCUT2D eigenvalue weighted by Gasteiger charge is -2.37. The van der Waals surface area contributed by atoms with E-state index >= 15 is 0 Å². The minimum absolute atomic E-state index is 0. The first-order valence-electron chi connectivity index (χ1n) is 10.4. The van der Waals surface area contributed by atoms with Gasteiger partial charge in [-0.25, -0.2) is 8.78 Å². The van der Waals surface area contributed by atoms with Gasteiger partial charge in [0.1, 0.15) is 5.82 Å². The summed E-state index contributed by atoms with van der Waals surface area (Å²) in [5.74, 6) is 1.05. The third kappa shape index (κ3) is 8.51. The Morgan fingerprint density at radius 2 is 1.66 bits per heavy atom. The fourth-order valence-electron chi connectivity index (χ4n) is 4.08. The number of ether oxygens (including phenoxy) is 3. The second-order valence-corrected chi connectivity index (χ2v) is 7.68. The van der Waals surface area contributed by atoms with Crippen LogP contribution in [0.15, 0.2) is 18.2 Å². The van der Waals surface area contributed by atoms with E-state index in [1.165, 1.54) is 51.7 Å². The molecular weight excluding hydrogens is 388 g/mol. The van der Waals surface area contributed by atoms with Crippen molar-refractivity contribution in [3.63, 3.8) is 0 Å². The number of hydrogen-bond acceptors (Lipinski definition) is 3. The highest BCUT2D eigenvalue weighted by Gasteiger charge is 2.31. The molecule has 0 spiro atoms. The molecule has 0 radical (unpaired) electrons. The van der Waals surface area contributed by atoms with Crippen molar-refractivity contribution in [2.24, 2.45) is 17.8 Å². The number of benzene rings is 1. The average Bonchev–Trinajstić information content (AvgIpc) is 2.70. The summed E-state index contributed by atoms with van der Waals surface area (Å²) in [6, 6.07) is 3.16. The minimum atomic E-state index is -0.678. The van der Waals surface area contributed by atoms with Crippen LogP contribution in [0, 0.1) is 29.4 Å². The SMILES string of the molecule is CCCC1CCC(C2COC(CCF)OC2)CC1.COc1ccc(F)cc1F.F. The third-order valence-electron chi connectivity index (χ3n) is 5.71. The summed E-state index contributed by atoms with van der Waals surface area (Å²) in [7, 11) is 1.33. The van der Waals surface area contributed by atoms with Crippen molar-refractivity contribution < 1.29 is 32.1 Å². The highest BCUT2D eigenvalue weighted by Crippen LogP contribution is 2.37. The molecule has 1 aliphatic heterocycles. The molecule has 7 heteroatoms. The van der Waals surface area contributed by atoms with Gasteiger partial charge in [-0.05, 0) is 36.8 Å². The summed E-state index contributed by atoms with van der Waals surface area (Å²) in [5.41, 5.74) is 0. The molecule has 0 unspecified atom stereocenters. The van der Waals surface area contributed by atoms with Crippen molar-refractivity contribution >= 4 is 0 Å². The monoisotopic (exact) mass is 422 g/mol. The van der Waals surface area contributed by atoms with Crippen LogP contribution in [0.1, 0.15) is 51.9 Å². The zero-order valence-electron chi connectivity index (χ0n) is 17.4. The van der Waals surface area contributed by atoms with Crippen LogP contribution in [0.4, 0.5) is 17.9 Å². The second kappa shape index (κ2) is 13.8. The molecule has 0 N–H and O–H groups in total. The lowest BCUT2D eigenvalue weighted by Crippen LogP contribution is -2.37. The van der Waals surface area contributed by atoms with Crippen molar-refractivity contribution in [3.05, 3.63) is 29.8 Å². The second-order valence-electron chi connectivity index (χ2n) is 7.68. The Kier molecular flexibility index (Phi) is 12.2. The Balaban J connectivity index is 0.000000327. The van der Waals surface area contributed by atoms with E-state index in [0.717, 1.165) is 37.2 Å². The maximum Gasteiger partial charge on any atom is 0.167 e. The van der Waals surface area contributed by atoms with Gasteiger partial charge in [0, 0.05) is 18.4 Å². The van der Waals surface area contributed by atoms with E-state index in [-0.39, 0.29) is 23.4 Å². The first kappa shape index (κ1) is 25.7. The summed E-state index contributed by atoms with van der Waals surface area (Å²) in [6.07, 6.45) is 8.22. The topological polar surface area (TPSA) is 27.7 Å². The van der Waals surface area contributed by atoms with Crippen LogP contribution in [0.3, 0.4) is 0 Å². The molecule has 0 bridgehead atoms. The molecule has 1 saturated carbocycles. The van der Waals surface area contributed by atoms with E-state index in [1.807, 2.05) is 0 Å². The van der Waals surface area contributed by atoms with E-state index in [4.69, 9.17) is 9.47 Å². The molecule has 1 saturated heterocycles. The van der Waals surface area contributed by atoms with Gasteiger partial charge in [0.25, 0.3) is 0 Å². The summed E-state index contributed by atoms with van der Waals surface area (Å²) in [4.78, 5) is 0. The van der Waals surface area contributed by atoms with E-state index < -0.39 is 11.6 Å². The first-order chi connectivity index (χ1) is 13.6. The molecule has 2 fully saturated rings. The Hall–Kier alpha value is -1.34. The zero-order valence-corrected chi connectivity index (χ0v) is 17.4. The van der Waals surface area contributed by atoms with Crippen LogP contribution in [0.25, 0.3) is 0 Å². The van der Waals surface area contributed by atoms with Gasteiger partial charge in [-0.15, -0.1) is 0 Å². The minimum Gasteiger partial charge on any atom is -0.494 e. The average molecular weight is 423 g/mol.